The predicted octanol–water partition coefficient (Wildman–Crippen LogP) is 2.45. The van der Waals surface area contributed by atoms with Crippen molar-refractivity contribution in [3.63, 3.8) is 0 Å². The minimum Gasteiger partial charge on any atom is -0.496 e. The average Bonchev–Trinajstić information content (AvgIpc) is 2.39. The van der Waals surface area contributed by atoms with E-state index in [1.54, 1.807) is 13.2 Å². The summed E-state index contributed by atoms with van der Waals surface area (Å²) in [5, 5.41) is 0. The molecule has 0 saturated carbocycles. The van der Waals surface area contributed by atoms with Gasteiger partial charge in [0.15, 0.2) is 0 Å². The fourth-order valence-electron chi connectivity index (χ4n) is 1.89. The third-order valence-electron chi connectivity index (χ3n) is 2.93. The minimum absolute atomic E-state index is 0.380. The summed E-state index contributed by atoms with van der Waals surface area (Å²) in [5.41, 5.74) is 6.89. The van der Waals surface area contributed by atoms with E-state index in [4.69, 9.17) is 10.5 Å². The summed E-state index contributed by atoms with van der Waals surface area (Å²) >= 11 is 0. The van der Waals surface area contributed by atoms with Crippen molar-refractivity contribution in [3.05, 3.63) is 59.7 Å². The molecule has 0 saturated heterocycles. The SMILES string of the molecule is COc1ccccc1C(C)(N)c1ccc(F)cn1. The first-order valence-corrected chi connectivity index (χ1v) is 5.60. The molecule has 1 aromatic carbocycles. The molecule has 18 heavy (non-hydrogen) atoms. The summed E-state index contributed by atoms with van der Waals surface area (Å²) in [6.07, 6.45) is 1.16. The third-order valence-corrected chi connectivity index (χ3v) is 2.93. The molecule has 0 fully saturated rings. The first kappa shape index (κ1) is 12.5. The molecule has 0 aliphatic heterocycles. The van der Waals surface area contributed by atoms with Gasteiger partial charge in [-0.1, -0.05) is 18.2 Å². The molecule has 1 atom stereocenters. The molecular formula is C14H15FN2O. The van der Waals surface area contributed by atoms with Gasteiger partial charge in [-0.15, -0.1) is 0 Å². The van der Waals surface area contributed by atoms with E-state index in [1.165, 1.54) is 6.07 Å². The number of aromatic nitrogens is 1. The van der Waals surface area contributed by atoms with Crippen LogP contribution in [0.4, 0.5) is 4.39 Å². The summed E-state index contributed by atoms with van der Waals surface area (Å²) in [6.45, 7) is 1.82. The van der Waals surface area contributed by atoms with Gasteiger partial charge in [-0.3, -0.25) is 4.98 Å². The number of pyridine rings is 1. The van der Waals surface area contributed by atoms with Gasteiger partial charge in [-0.25, -0.2) is 4.39 Å². The highest BCUT2D eigenvalue weighted by Gasteiger charge is 2.28. The highest BCUT2D eigenvalue weighted by molar-refractivity contribution is 5.43. The Hall–Kier alpha value is -1.94. The first-order valence-electron chi connectivity index (χ1n) is 5.60. The number of benzene rings is 1. The second kappa shape index (κ2) is 4.74. The van der Waals surface area contributed by atoms with Crippen molar-refractivity contribution in [2.75, 3.05) is 7.11 Å². The van der Waals surface area contributed by atoms with Crippen LogP contribution in [0, 0.1) is 5.82 Å². The maximum atomic E-state index is 12.9. The lowest BCUT2D eigenvalue weighted by Gasteiger charge is -2.26. The van der Waals surface area contributed by atoms with Crippen LogP contribution in [0.15, 0.2) is 42.6 Å². The zero-order valence-corrected chi connectivity index (χ0v) is 10.4. The summed E-state index contributed by atoms with van der Waals surface area (Å²) in [7, 11) is 1.59. The normalized spacial score (nSPS) is 14.0. The molecule has 2 N–H and O–H groups in total. The molecule has 94 valence electrons. The summed E-state index contributed by atoms with van der Waals surface area (Å²) < 4.78 is 18.2. The van der Waals surface area contributed by atoms with E-state index in [1.807, 2.05) is 31.2 Å². The molecule has 1 unspecified atom stereocenters. The van der Waals surface area contributed by atoms with E-state index in [0.29, 0.717) is 11.4 Å². The second-order valence-electron chi connectivity index (χ2n) is 4.26. The summed E-state index contributed by atoms with van der Waals surface area (Å²) in [4.78, 5) is 4.05. The number of ether oxygens (including phenoxy) is 1. The van der Waals surface area contributed by atoms with Gasteiger partial charge in [0, 0.05) is 5.56 Å². The van der Waals surface area contributed by atoms with Gasteiger partial charge in [0.2, 0.25) is 0 Å². The Morgan fingerprint density at radius 3 is 2.56 bits per heavy atom. The van der Waals surface area contributed by atoms with Crippen LogP contribution in [0.1, 0.15) is 18.2 Å². The van der Waals surface area contributed by atoms with Gasteiger partial charge >= 0.3 is 0 Å². The zero-order chi connectivity index (χ0) is 13.2. The molecule has 0 bridgehead atoms. The Morgan fingerprint density at radius 2 is 1.94 bits per heavy atom. The molecule has 0 aliphatic carbocycles. The lowest BCUT2D eigenvalue weighted by atomic mass is 9.88. The summed E-state index contributed by atoms with van der Waals surface area (Å²) in [6, 6.07) is 10.4. The molecule has 4 heteroatoms. The van der Waals surface area contributed by atoms with Crippen molar-refractivity contribution >= 4 is 0 Å². The molecule has 0 spiro atoms. The number of rotatable bonds is 3. The number of hydrogen-bond acceptors (Lipinski definition) is 3. The van der Waals surface area contributed by atoms with E-state index in [9.17, 15) is 4.39 Å². The molecule has 0 amide bonds. The maximum Gasteiger partial charge on any atom is 0.141 e. The molecule has 3 nitrogen and oxygen atoms in total. The third kappa shape index (κ3) is 2.19. The van der Waals surface area contributed by atoms with Crippen LogP contribution >= 0.6 is 0 Å². The van der Waals surface area contributed by atoms with Gasteiger partial charge in [-0.2, -0.15) is 0 Å². The molecule has 0 aliphatic rings. The number of methoxy groups -OCH3 is 1. The van der Waals surface area contributed by atoms with Crippen molar-refractivity contribution in [1.29, 1.82) is 0 Å². The Morgan fingerprint density at radius 1 is 1.22 bits per heavy atom. The van der Waals surface area contributed by atoms with Crippen LogP contribution in [0.5, 0.6) is 5.75 Å². The molecular weight excluding hydrogens is 231 g/mol. The first-order chi connectivity index (χ1) is 8.55. The Labute approximate surface area is 105 Å². The standard InChI is InChI=1S/C14H15FN2O/c1-14(16,13-8-7-10(15)9-17-13)11-5-3-4-6-12(11)18-2/h3-9H,16H2,1-2H3. The van der Waals surface area contributed by atoms with Crippen molar-refractivity contribution in [2.24, 2.45) is 5.73 Å². The minimum atomic E-state index is -0.833. The van der Waals surface area contributed by atoms with Crippen LogP contribution in [-0.2, 0) is 5.54 Å². The van der Waals surface area contributed by atoms with Gasteiger partial charge in [0.05, 0.1) is 24.5 Å². The van der Waals surface area contributed by atoms with Crippen LogP contribution in [0.25, 0.3) is 0 Å². The molecule has 1 aromatic heterocycles. The average molecular weight is 246 g/mol. The molecule has 2 rings (SSSR count). The van der Waals surface area contributed by atoms with Gasteiger partial charge < -0.3 is 10.5 Å². The highest BCUT2D eigenvalue weighted by Crippen LogP contribution is 2.32. The Kier molecular flexibility index (Phi) is 3.30. The van der Waals surface area contributed by atoms with Gasteiger partial charge in [0.25, 0.3) is 0 Å². The van der Waals surface area contributed by atoms with E-state index >= 15 is 0 Å². The van der Waals surface area contributed by atoms with Crippen molar-refractivity contribution < 1.29 is 9.13 Å². The fourth-order valence-corrected chi connectivity index (χ4v) is 1.89. The van der Waals surface area contributed by atoms with E-state index < -0.39 is 5.54 Å². The highest BCUT2D eigenvalue weighted by atomic mass is 19.1. The topological polar surface area (TPSA) is 48.1 Å². The van der Waals surface area contributed by atoms with Crippen molar-refractivity contribution in [3.8, 4) is 5.75 Å². The largest absolute Gasteiger partial charge is 0.496 e. The van der Waals surface area contributed by atoms with E-state index in [0.717, 1.165) is 11.8 Å². The van der Waals surface area contributed by atoms with Gasteiger partial charge in [0.1, 0.15) is 11.6 Å². The fraction of sp³-hybridized carbons (Fsp3) is 0.214. The number of nitrogens with zero attached hydrogens (tertiary/aromatic N) is 1. The van der Waals surface area contributed by atoms with Crippen LogP contribution < -0.4 is 10.5 Å². The molecule has 0 radical (unpaired) electrons. The number of halogens is 1. The summed E-state index contributed by atoms with van der Waals surface area (Å²) in [5.74, 6) is 0.309. The maximum absolute atomic E-state index is 12.9. The van der Waals surface area contributed by atoms with Crippen molar-refractivity contribution in [2.45, 2.75) is 12.5 Å². The predicted molar refractivity (Wildman–Crippen MR) is 67.8 cm³/mol. The van der Waals surface area contributed by atoms with Crippen molar-refractivity contribution in [1.82, 2.24) is 4.98 Å². The van der Waals surface area contributed by atoms with E-state index in [2.05, 4.69) is 4.98 Å². The molecule has 2 aromatic rings. The van der Waals surface area contributed by atoms with Crippen LogP contribution in [0.3, 0.4) is 0 Å². The van der Waals surface area contributed by atoms with Crippen LogP contribution in [-0.4, -0.2) is 12.1 Å². The van der Waals surface area contributed by atoms with Crippen LogP contribution in [0.2, 0.25) is 0 Å². The smallest absolute Gasteiger partial charge is 0.141 e. The second-order valence-corrected chi connectivity index (χ2v) is 4.26. The number of hydrogen-bond donors (Lipinski definition) is 1. The Balaban J connectivity index is 2.50. The van der Waals surface area contributed by atoms with Gasteiger partial charge in [-0.05, 0) is 25.1 Å². The lowest BCUT2D eigenvalue weighted by molar-refractivity contribution is 0.397. The molecule has 1 heterocycles. The zero-order valence-electron chi connectivity index (χ0n) is 10.4. The monoisotopic (exact) mass is 246 g/mol. The number of para-hydroxylation sites is 1. The lowest BCUT2D eigenvalue weighted by Crippen LogP contribution is -2.35. The number of nitrogens with two attached hydrogens (primary N) is 1. The van der Waals surface area contributed by atoms with E-state index in [-0.39, 0.29) is 5.82 Å². The Bertz CT molecular complexity index is 538. The quantitative estimate of drug-likeness (QED) is 0.905.